The summed E-state index contributed by atoms with van der Waals surface area (Å²) in [6.07, 6.45) is 1.80. The van der Waals surface area contributed by atoms with E-state index >= 15 is 0 Å². The molecule has 1 amide bonds. The summed E-state index contributed by atoms with van der Waals surface area (Å²) >= 11 is 0. The molecule has 28 heavy (non-hydrogen) atoms. The van der Waals surface area contributed by atoms with Crippen molar-refractivity contribution in [3.8, 4) is 11.5 Å². The van der Waals surface area contributed by atoms with Crippen LogP contribution in [0.3, 0.4) is 0 Å². The lowest BCUT2D eigenvalue weighted by Gasteiger charge is -2.35. The molecule has 0 radical (unpaired) electrons. The quantitative estimate of drug-likeness (QED) is 0.695. The number of nitrogens with zero attached hydrogens (tertiary/aromatic N) is 4. The highest BCUT2D eigenvalue weighted by atomic mass is 16.5. The number of hydrogen-bond acceptors (Lipinski definition) is 6. The average molecular weight is 378 g/mol. The standard InChI is InChI=1S/C21H22N4O3/c1-27-15-7-8-16(19(13-15)28-2)21(26)25-11-9-24(10-12-25)20-14-22-17-5-3-4-6-18(17)23-20/h3-8,13-14H,9-12H2,1-2H3. The summed E-state index contributed by atoms with van der Waals surface area (Å²) in [6.45, 7) is 2.64. The van der Waals surface area contributed by atoms with Gasteiger partial charge >= 0.3 is 0 Å². The smallest absolute Gasteiger partial charge is 0.257 e. The number of aromatic nitrogens is 2. The predicted molar refractivity (Wildman–Crippen MR) is 107 cm³/mol. The van der Waals surface area contributed by atoms with E-state index in [1.54, 1.807) is 38.6 Å². The summed E-state index contributed by atoms with van der Waals surface area (Å²) in [7, 11) is 3.15. The van der Waals surface area contributed by atoms with Crippen LogP contribution in [0.1, 0.15) is 10.4 Å². The molecule has 0 atom stereocenters. The first-order valence-electron chi connectivity index (χ1n) is 9.17. The van der Waals surface area contributed by atoms with Gasteiger partial charge in [0.2, 0.25) is 0 Å². The largest absolute Gasteiger partial charge is 0.497 e. The summed E-state index contributed by atoms with van der Waals surface area (Å²) in [5.74, 6) is 1.98. The fourth-order valence-electron chi connectivity index (χ4n) is 3.38. The Hall–Kier alpha value is -3.35. The number of carbonyl (C=O) groups is 1. The molecule has 1 saturated heterocycles. The number of para-hydroxylation sites is 2. The summed E-state index contributed by atoms with van der Waals surface area (Å²) in [4.78, 5) is 26.1. The molecule has 0 saturated carbocycles. The van der Waals surface area contributed by atoms with Crippen LogP contribution in [0.2, 0.25) is 0 Å². The fourth-order valence-corrected chi connectivity index (χ4v) is 3.38. The maximum Gasteiger partial charge on any atom is 0.257 e. The molecule has 144 valence electrons. The lowest BCUT2D eigenvalue weighted by molar-refractivity contribution is 0.0743. The lowest BCUT2D eigenvalue weighted by Crippen LogP contribution is -2.49. The third-order valence-electron chi connectivity index (χ3n) is 4.97. The molecule has 7 nitrogen and oxygen atoms in total. The number of fused-ring (bicyclic) bond motifs is 1. The molecule has 0 spiro atoms. The number of hydrogen-bond donors (Lipinski definition) is 0. The van der Waals surface area contributed by atoms with Crippen molar-refractivity contribution in [1.29, 1.82) is 0 Å². The van der Waals surface area contributed by atoms with Gasteiger partial charge in [-0.3, -0.25) is 9.78 Å². The van der Waals surface area contributed by atoms with Crippen LogP contribution in [-0.2, 0) is 0 Å². The van der Waals surface area contributed by atoms with Crippen LogP contribution in [-0.4, -0.2) is 61.2 Å². The zero-order valence-electron chi connectivity index (χ0n) is 16.0. The number of anilines is 1. The molecule has 2 heterocycles. The minimum absolute atomic E-state index is 0.0382. The number of rotatable bonds is 4. The van der Waals surface area contributed by atoms with E-state index in [0.29, 0.717) is 43.2 Å². The van der Waals surface area contributed by atoms with Gasteiger partial charge in [0.1, 0.15) is 17.3 Å². The Kier molecular flexibility index (Phi) is 4.97. The van der Waals surface area contributed by atoms with Crippen LogP contribution in [0.4, 0.5) is 5.82 Å². The van der Waals surface area contributed by atoms with Crippen LogP contribution in [0.5, 0.6) is 11.5 Å². The van der Waals surface area contributed by atoms with Crippen LogP contribution in [0.15, 0.2) is 48.7 Å². The number of piperazine rings is 1. The van der Waals surface area contributed by atoms with Crippen molar-refractivity contribution in [3.05, 3.63) is 54.2 Å². The highest BCUT2D eigenvalue weighted by Crippen LogP contribution is 2.26. The predicted octanol–water partition coefficient (Wildman–Crippen LogP) is 2.61. The SMILES string of the molecule is COc1ccc(C(=O)N2CCN(c3cnc4ccccc4n3)CC2)c(OC)c1. The Morgan fingerprint density at radius 3 is 2.43 bits per heavy atom. The van der Waals surface area contributed by atoms with E-state index in [9.17, 15) is 4.79 Å². The molecule has 0 aliphatic carbocycles. The summed E-state index contributed by atoms with van der Waals surface area (Å²) < 4.78 is 10.6. The molecule has 1 aliphatic heterocycles. The van der Waals surface area contributed by atoms with Crippen molar-refractivity contribution in [3.63, 3.8) is 0 Å². The highest BCUT2D eigenvalue weighted by Gasteiger charge is 2.25. The molecule has 1 fully saturated rings. The monoisotopic (exact) mass is 378 g/mol. The minimum Gasteiger partial charge on any atom is -0.497 e. The molecule has 4 rings (SSSR count). The van der Waals surface area contributed by atoms with Crippen molar-refractivity contribution in [2.24, 2.45) is 0 Å². The minimum atomic E-state index is -0.0382. The average Bonchev–Trinajstić information content (AvgIpc) is 2.78. The second-order valence-electron chi connectivity index (χ2n) is 6.56. The second-order valence-corrected chi connectivity index (χ2v) is 6.56. The van der Waals surface area contributed by atoms with Gasteiger partial charge in [0.25, 0.3) is 5.91 Å². The molecule has 3 aromatic rings. The van der Waals surface area contributed by atoms with E-state index in [-0.39, 0.29) is 5.91 Å². The maximum absolute atomic E-state index is 13.0. The van der Waals surface area contributed by atoms with E-state index in [2.05, 4.69) is 9.88 Å². The molecule has 1 aliphatic rings. The topological polar surface area (TPSA) is 67.8 Å². The van der Waals surface area contributed by atoms with E-state index in [4.69, 9.17) is 14.5 Å². The molecule has 7 heteroatoms. The number of carbonyl (C=O) groups excluding carboxylic acids is 1. The first-order chi connectivity index (χ1) is 13.7. The van der Waals surface area contributed by atoms with Gasteiger partial charge in [-0.25, -0.2) is 4.98 Å². The van der Waals surface area contributed by atoms with Crippen LogP contribution >= 0.6 is 0 Å². The van der Waals surface area contributed by atoms with Crippen molar-refractivity contribution >= 4 is 22.8 Å². The van der Waals surface area contributed by atoms with E-state index in [1.165, 1.54) is 0 Å². The lowest BCUT2D eigenvalue weighted by atomic mass is 10.1. The van der Waals surface area contributed by atoms with E-state index in [0.717, 1.165) is 16.9 Å². The van der Waals surface area contributed by atoms with Crippen molar-refractivity contribution in [2.75, 3.05) is 45.3 Å². The fraction of sp³-hybridized carbons (Fsp3) is 0.286. The van der Waals surface area contributed by atoms with Gasteiger partial charge in [-0.15, -0.1) is 0 Å². The maximum atomic E-state index is 13.0. The third kappa shape index (κ3) is 3.43. The molecule has 2 aromatic carbocycles. The van der Waals surface area contributed by atoms with E-state index < -0.39 is 0 Å². The van der Waals surface area contributed by atoms with Gasteiger partial charge < -0.3 is 19.3 Å². The van der Waals surface area contributed by atoms with Gasteiger partial charge in [0.15, 0.2) is 0 Å². The molecule has 0 unspecified atom stereocenters. The van der Waals surface area contributed by atoms with Crippen molar-refractivity contribution < 1.29 is 14.3 Å². The van der Waals surface area contributed by atoms with Gasteiger partial charge in [-0.05, 0) is 24.3 Å². The Bertz CT molecular complexity index is 1000. The van der Waals surface area contributed by atoms with Crippen molar-refractivity contribution in [2.45, 2.75) is 0 Å². The zero-order valence-corrected chi connectivity index (χ0v) is 16.0. The Labute approximate surface area is 163 Å². The summed E-state index contributed by atoms with van der Waals surface area (Å²) in [6, 6.07) is 13.1. The number of amides is 1. The molecular formula is C21H22N4O3. The van der Waals surface area contributed by atoms with Crippen LogP contribution in [0, 0.1) is 0 Å². The summed E-state index contributed by atoms with van der Waals surface area (Å²) in [5.41, 5.74) is 2.30. The molecule has 1 aromatic heterocycles. The number of methoxy groups -OCH3 is 2. The first kappa shape index (κ1) is 18.0. The second kappa shape index (κ2) is 7.72. The normalized spacial score (nSPS) is 14.2. The number of benzene rings is 2. The molecular weight excluding hydrogens is 356 g/mol. The van der Waals surface area contributed by atoms with Crippen molar-refractivity contribution in [1.82, 2.24) is 14.9 Å². The third-order valence-corrected chi connectivity index (χ3v) is 4.97. The van der Waals surface area contributed by atoms with Gasteiger partial charge in [-0.2, -0.15) is 0 Å². The summed E-state index contributed by atoms with van der Waals surface area (Å²) in [5, 5.41) is 0. The Morgan fingerprint density at radius 2 is 1.71 bits per heavy atom. The molecule has 0 bridgehead atoms. The molecule has 0 N–H and O–H groups in total. The zero-order chi connectivity index (χ0) is 19.5. The van der Waals surface area contributed by atoms with Crippen LogP contribution < -0.4 is 14.4 Å². The number of ether oxygens (including phenoxy) is 2. The first-order valence-corrected chi connectivity index (χ1v) is 9.17. The van der Waals surface area contributed by atoms with E-state index in [1.807, 2.05) is 29.2 Å². The Morgan fingerprint density at radius 1 is 0.964 bits per heavy atom. The van der Waals surface area contributed by atoms with Gasteiger partial charge in [0, 0.05) is 32.2 Å². The highest BCUT2D eigenvalue weighted by molar-refractivity contribution is 5.97. The van der Waals surface area contributed by atoms with Gasteiger partial charge in [0.05, 0.1) is 37.0 Å². The van der Waals surface area contributed by atoms with Gasteiger partial charge in [-0.1, -0.05) is 12.1 Å². The van der Waals surface area contributed by atoms with Crippen LogP contribution in [0.25, 0.3) is 11.0 Å². The Balaban J connectivity index is 1.47.